The SMILES string of the molecule is c1cc(-c2c3ccccc3c(-c3ccc4ccccc4c3)c3ccccc23)cc(-c2c3ccccc3c(-c3ccc4ccccc4c3)c3ccccc23)c1. The Morgan fingerprint density at radius 2 is 0.426 bits per heavy atom. The average Bonchev–Trinajstić information content (AvgIpc) is 3.24. The number of hydrogen-bond donors (Lipinski definition) is 0. The second-order valence-electron chi connectivity index (χ2n) is 14.4. The van der Waals surface area contributed by atoms with Gasteiger partial charge in [-0.05, 0) is 127 Å². The minimum Gasteiger partial charge on any atom is -0.0616 e. The highest BCUT2D eigenvalue weighted by molar-refractivity contribution is 6.24. The van der Waals surface area contributed by atoms with Gasteiger partial charge in [0.2, 0.25) is 0 Å². The molecule has 0 atom stereocenters. The molecule has 0 aliphatic carbocycles. The van der Waals surface area contributed by atoms with E-state index in [1.807, 2.05) is 0 Å². The third kappa shape index (κ3) is 4.78. The summed E-state index contributed by atoms with van der Waals surface area (Å²) in [6.45, 7) is 0. The fourth-order valence-electron chi connectivity index (χ4n) is 9.02. The first kappa shape index (κ1) is 30.6. The van der Waals surface area contributed by atoms with Crippen LogP contribution in [-0.4, -0.2) is 0 Å². The van der Waals surface area contributed by atoms with Crippen molar-refractivity contribution in [3.8, 4) is 44.5 Å². The van der Waals surface area contributed by atoms with Crippen molar-refractivity contribution in [2.24, 2.45) is 0 Å². The van der Waals surface area contributed by atoms with E-state index in [-0.39, 0.29) is 0 Å². The van der Waals surface area contributed by atoms with Crippen LogP contribution in [0.15, 0.2) is 206 Å². The first-order valence-corrected chi connectivity index (χ1v) is 18.8. The summed E-state index contributed by atoms with van der Waals surface area (Å²) in [6.07, 6.45) is 0. The van der Waals surface area contributed by atoms with Gasteiger partial charge in [-0.1, -0.05) is 188 Å². The van der Waals surface area contributed by atoms with E-state index in [1.165, 1.54) is 109 Å². The van der Waals surface area contributed by atoms with Crippen molar-refractivity contribution in [1.82, 2.24) is 0 Å². The summed E-state index contributed by atoms with van der Waals surface area (Å²) in [4.78, 5) is 0. The van der Waals surface area contributed by atoms with Gasteiger partial charge in [-0.15, -0.1) is 0 Å². The second-order valence-corrected chi connectivity index (χ2v) is 14.4. The zero-order valence-corrected chi connectivity index (χ0v) is 29.6. The summed E-state index contributed by atoms with van der Waals surface area (Å²) in [5.74, 6) is 0. The molecule has 0 saturated heterocycles. The van der Waals surface area contributed by atoms with Gasteiger partial charge in [-0.3, -0.25) is 0 Å². The molecule has 0 spiro atoms. The molecular formula is C54H34. The summed E-state index contributed by atoms with van der Waals surface area (Å²) in [5.41, 5.74) is 10.0. The molecule has 0 aromatic heterocycles. The lowest BCUT2D eigenvalue weighted by Gasteiger charge is -2.20. The first-order valence-electron chi connectivity index (χ1n) is 18.8. The zero-order valence-electron chi connectivity index (χ0n) is 29.6. The molecule has 11 aromatic carbocycles. The molecule has 0 nitrogen and oxygen atoms in total. The largest absolute Gasteiger partial charge is 0.0616 e. The molecule has 0 saturated carbocycles. The van der Waals surface area contributed by atoms with Gasteiger partial charge in [0.05, 0.1) is 0 Å². The maximum absolute atomic E-state index is 2.42. The maximum Gasteiger partial charge on any atom is -0.00262 e. The van der Waals surface area contributed by atoms with Crippen molar-refractivity contribution in [2.75, 3.05) is 0 Å². The Bertz CT molecular complexity index is 2940. The van der Waals surface area contributed by atoms with Crippen LogP contribution in [0.3, 0.4) is 0 Å². The fraction of sp³-hybridized carbons (Fsp3) is 0. The number of fused-ring (bicyclic) bond motifs is 6. The van der Waals surface area contributed by atoms with Gasteiger partial charge in [0.25, 0.3) is 0 Å². The third-order valence-corrected chi connectivity index (χ3v) is 11.4. The van der Waals surface area contributed by atoms with E-state index in [1.54, 1.807) is 0 Å². The first-order chi connectivity index (χ1) is 26.8. The lowest BCUT2D eigenvalue weighted by molar-refractivity contribution is 1.64. The molecule has 0 bridgehead atoms. The van der Waals surface area contributed by atoms with Crippen molar-refractivity contribution in [3.05, 3.63) is 206 Å². The second kappa shape index (κ2) is 12.3. The van der Waals surface area contributed by atoms with E-state index in [9.17, 15) is 0 Å². The molecule has 0 unspecified atom stereocenters. The molecule has 0 amide bonds. The summed E-state index contributed by atoms with van der Waals surface area (Å²) in [5, 5.41) is 15.1. The van der Waals surface area contributed by atoms with Gasteiger partial charge in [0, 0.05) is 0 Å². The quantitative estimate of drug-likeness (QED) is 0.162. The summed E-state index contributed by atoms with van der Waals surface area (Å²) in [6, 6.07) is 76.2. The fourth-order valence-corrected chi connectivity index (χ4v) is 9.02. The molecule has 0 fully saturated rings. The Hall–Kier alpha value is -7.02. The van der Waals surface area contributed by atoms with Gasteiger partial charge in [-0.25, -0.2) is 0 Å². The van der Waals surface area contributed by atoms with Gasteiger partial charge < -0.3 is 0 Å². The average molecular weight is 683 g/mol. The molecule has 250 valence electrons. The van der Waals surface area contributed by atoms with E-state index in [0.717, 1.165) is 0 Å². The predicted molar refractivity (Wildman–Crippen MR) is 233 cm³/mol. The minimum absolute atomic E-state index is 1.22. The van der Waals surface area contributed by atoms with Gasteiger partial charge >= 0.3 is 0 Å². The van der Waals surface area contributed by atoms with Crippen LogP contribution in [0, 0.1) is 0 Å². The van der Waals surface area contributed by atoms with Crippen molar-refractivity contribution >= 4 is 64.6 Å². The number of hydrogen-bond acceptors (Lipinski definition) is 0. The summed E-state index contributed by atoms with van der Waals surface area (Å²) >= 11 is 0. The highest BCUT2D eigenvalue weighted by atomic mass is 14.2. The molecule has 0 aliphatic heterocycles. The smallest absolute Gasteiger partial charge is 0.00262 e. The molecule has 54 heavy (non-hydrogen) atoms. The van der Waals surface area contributed by atoms with Crippen molar-refractivity contribution in [2.45, 2.75) is 0 Å². The van der Waals surface area contributed by atoms with Crippen molar-refractivity contribution in [3.63, 3.8) is 0 Å². The van der Waals surface area contributed by atoms with Crippen LogP contribution in [0.25, 0.3) is 109 Å². The Morgan fingerprint density at radius 1 is 0.167 bits per heavy atom. The third-order valence-electron chi connectivity index (χ3n) is 11.4. The van der Waals surface area contributed by atoms with Crippen LogP contribution in [0.5, 0.6) is 0 Å². The van der Waals surface area contributed by atoms with Crippen LogP contribution in [0.1, 0.15) is 0 Å². The van der Waals surface area contributed by atoms with Gasteiger partial charge in [0.1, 0.15) is 0 Å². The Balaban J connectivity index is 1.17. The lowest BCUT2D eigenvalue weighted by Crippen LogP contribution is -1.93. The van der Waals surface area contributed by atoms with Gasteiger partial charge in [-0.2, -0.15) is 0 Å². The molecule has 0 heteroatoms. The Morgan fingerprint density at radius 3 is 0.741 bits per heavy atom. The van der Waals surface area contributed by atoms with Crippen LogP contribution in [0.4, 0.5) is 0 Å². The van der Waals surface area contributed by atoms with E-state index in [4.69, 9.17) is 0 Å². The minimum atomic E-state index is 1.22. The van der Waals surface area contributed by atoms with E-state index in [0.29, 0.717) is 0 Å². The molecule has 0 N–H and O–H groups in total. The molecule has 0 aliphatic rings. The molecular weight excluding hydrogens is 649 g/mol. The molecule has 0 radical (unpaired) electrons. The van der Waals surface area contributed by atoms with Gasteiger partial charge in [0.15, 0.2) is 0 Å². The maximum atomic E-state index is 2.42. The number of rotatable bonds is 4. The monoisotopic (exact) mass is 682 g/mol. The Labute approximate surface area is 314 Å². The summed E-state index contributed by atoms with van der Waals surface area (Å²) in [7, 11) is 0. The topological polar surface area (TPSA) is 0 Å². The van der Waals surface area contributed by atoms with E-state index >= 15 is 0 Å². The van der Waals surface area contributed by atoms with E-state index < -0.39 is 0 Å². The van der Waals surface area contributed by atoms with Crippen LogP contribution in [0.2, 0.25) is 0 Å². The van der Waals surface area contributed by atoms with Crippen LogP contribution < -0.4 is 0 Å². The predicted octanol–water partition coefficient (Wildman–Crippen LogP) is 15.3. The van der Waals surface area contributed by atoms with Crippen LogP contribution >= 0.6 is 0 Å². The van der Waals surface area contributed by atoms with Crippen molar-refractivity contribution in [1.29, 1.82) is 0 Å². The zero-order chi connectivity index (χ0) is 35.6. The standard InChI is InChI=1S/C54H34/c1-3-16-37-32-41(30-28-35(37)14-1)53-47-24-9-5-20-43(47)51(44-21-6-10-25-48(44)53)39-18-13-19-40(34-39)52-45-22-7-11-26-49(45)54(50-27-12-8-23-46(50)52)42-31-29-36-15-2-4-17-38(36)33-42/h1-34H. The lowest BCUT2D eigenvalue weighted by atomic mass is 9.83. The normalized spacial score (nSPS) is 11.7. The molecule has 0 heterocycles. The van der Waals surface area contributed by atoms with E-state index in [2.05, 4.69) is 206 Å². The molecule has 11 rings (SSSR count). The summed E-state index contributed by atoms with van der Waals surface area (Å²) < 4.78 is 0. The highest BCUT2D eigenvalue weighted by Gasteiger charge is 2.20. The van der Waals surface area contributed by atoms with Crippen LogP contribution in [-0.2, 0) is 0 Å². The van der Waals surface area contributed by atoms with Crippen molar-refractivity contribution < 1.29 is 0 Å². The highest BCUT2D eigenvalue weighted by Crippen LogP contribution is 2.47. The number of benzene rings is 11. The Kier molecular flexibility index (Phi) is 6.97. The molecule has 11 aromatic rings.